The zero-order valence-corrected chi connectivity index (χ0v) is 9.69. The van der Waals surface area contributed by atoms with Crippen LogP contribution in [-0.2, 0) is 9.53 Å². The molecule has 16 heavy (non-hydrogen) atoms. The predicted octanol–water partition coefficient (Wildman–Crippen LogP) is 1.48. The summed E-state index contributed by atoms with van der Waals surface area (Å²) in [5.74, 6) is -0.127. The third-order valence-corrected chi connectivity index (χ3v) is 2.28. The number of amides is 1. The average Bonchev–Trinajstić information content (AvgIpc) is 2.26. The molecule has 1 aromatic rings. The smallest absolute Gasteiger partial charge is 0.246 e. The summed E-state index contributed by atoms with van der Waals surface area (Å²) in [6, 6.07) is 7.39. The van der Waals surface area contributed by atoms with Crippen LogP contribution in [0.15, 0.2) is 24.3 Å². The molecule has 0 aromatic heterocycles. The van der Waals surface area contributed by atoms with Gasteiger partial charge in [-0.1, -0.05) is 18.2 Å². The van der Waals surface area contributed by atoms with Gasteiger partial charge >= 0.3 is 0 Å². The van der Waals surface area contributed by atoms with E-state index in [4.69, 9.17) is 10.5 Å². The monoisotopic (exact) mass is 222 g/mol. The highest BCUT2D eigenvalue weighted by atomic mass is 16.5. The summed E-state index contributed by atoms with van der Waals surface area (Å²) in [5, 5.41) is 2.83. The third kappa shape index (κ3) is 3.55. The second-order valence-corrected chi connectivity index (χ2v) is 3.56. The van der Waals surface area contributed by atoms with Crippen molar-refractivity contribution in [3.05, 3.63) is 29.8 Å². The molecule has 0 fully saturated rings. The van der Waals surface area contributed by atoms with Crippen LogP contribution in [0.3, 0.4) is 0 Å². The highest BCUT2D eigenvalue weighted by Gasteiger charge is 2.11. The van der Waals surface area contributed by atoms with Gasteiger partial charge in [-0.05, 0) is 25.5 Å². The zero-order valence-electron chi connectivity index (χ0n) is 9.69. The van der Waals surface area contributed by atoms with E-state index < -0.39 is 0 Å². The van der Waals surface area contributed by atoms with Crippen molar-refractivity contribution in [3.8, 4) is 0 Å². The number of ether oxygens (including phenoxy) is 1. The maximum absolute atomic E-state index is 11.4. The second kappa shape index (κ2) is 6.12. The molecular weight excluding hydrogens is 204 g/mol. The Balaban J connectivity index is 2.55. The first-order chi connectivity index (χ1) is 7.65. The van der Waals surface area contributed by atoms with Crippen LogP contribution in [0.4, 0.5) is 5.69 Å². The lowest BCUT2D eigenvalue weighted by Gasteiger charge is -2.16. The molecule has 0 spiro atoms. The van der Waals surface area contributed by atoms with Gasteiger partial charge in [-0.15, -0.1) is 0 Å². The molecular formula is C12H18N2O2. The van der Waals surface area contributed by atoms with E-state index >= 15 is 0 Å². The van der Waals surface area contributed by atoms with E-state index in [9.17, 15) is 4.79 Å². The quantitative estimate of drug-likeness (QED) is 0.742. The Hall–Kier alpha value is -1.55. The van der Waals surface area contributed by atoms with E-state index in [0.717, 1.165) is 5.56 Å². The van der Waals surface area contributed by atoms with E-state index in [0.29, 0.717) is 12.3 Å². The normalized spacial score (nSPS) is 12.1. The van der Waals surface area contributed by atoms with Gasteiger partial charge in [0, 0.05) is 12.3 Å². The number of hydrogen-bond donors (Lipinski definition) is 2. The van der Waals surface area contributed by atoms with Crippen molar-refractivity contribution < 1.29 is 9.53 Å². The Kier molecular flexibility index (Phi) is 4.79. The van der Waals surface area contributed by atoms with Crippen molar-refractivity contribution in [1.29, 1.82) is 0 Å². The Morgan fingerprint density at radius 1 is 1.50 bits per heavy atom. The number of rotatable bonds is 5. The molecule has 0 saturated carbocycles. The van der Waals surface area contributed by atoms with Crippen molar-refractivity contribution in [2.24, 2.45) is 0 Å². The molecule has 1 rings (SSSR count). The van der Waals surface area contributed by atoms with Gasteiger partial charge in [-0.3, -0.25) is 4.79 Å². The largest absolute Gasteiger partial charge is 0.398 e. The van der Waals surface area contributed by atoms with E-state index in [1.165, 1.54) is 0 Å². The minimum atomic E-state index is -0.127. The molecule has 1 aromatic carbocycles. The minimum absolute atomic E-state index is 0.0909. The summed E-state index contributed by atoms with van der Waals surface area (Å²) in [4.78, 5) is 11.4. The van der Waals surface area contributed by atoms with Gasteiger partial charge in [0.2, 0.25) is 5.91 Å². The molecule has 0 bridgehead atoms. The number of hydrogen-bond acceptors (Lipinski definition) is 3. The fraction of sp³-hybridized carbons (Fsp3) is 0.417. The predicted molar refractivity (Wildman–Crippen MR) is 63.9 cm³/mol. The van der Waals surface area contributed by atoms with Crippen LogP contribution in [0.2, 0.25) is 0 Å². The van der Waals surface area contributed by atoms with Gasteiger partial charge in [-0.25, -0.2) is 0 Å². The molecule has 88 valence electrons. The fourth-order valence-electron chi connectivity index (χ4n) is 1.46. The van der Waals surface area contributed by atoms with Crippen LogP contribution >= 0.6 is 0 Å². The summed E-state index contributed by atoms with van der Waals surface area (Å²) >= 11 is 0. The van der Waals surface area contributed by atoms with Crippen LogP contribution in [0.1, 0.15) is 25.5 Å². The summed E-state index contributed by atoms with van der Waals surface area (Å²) in [5.41, 5.74) is 7.43. The van der Waals surface area contributed by atoms with Gasteiger partial charge in [0.25, 0.3) is 0 Å². The fourth-order valence-corrected chi connectivity index (χ4v) is 1.46. The van der Waals surface area contributed by atoms with Gasteiger partial charge in [-0.2, -0.15) is 0 Å². The number of nitrogen functional groups attached to an aromatic ring is 1. The molecule has 4 nitrogen and oxygen atoms in total. The van der Waals surface area contributed by atoms with Crippen LogP contribution in [0.5, 0.6) is 0 Å². The van der Waals surface area contributed by atoms with Crippen molar-refractivity contribution in [2.45, 2.75) is 19.9 Å². The van der Waals surface area contributed by atoms with Crippen molar-refractivity contribution >= 4 is 11.6 Å². The first kappa shape index (κ1) is 12.5. The Labute approximate surface area is 95.8 Å². The number of nitrogens with one attached hydrogen (secondary N) is 1. The van der Waals surface area contributed by atoms with Crippen LogP contribution in [0.25, 0.3) is 0 Å². The molecule has 1 amide bonds. The van der Waals surface area contributed by atoms with Crippen LogP contribution < -0.4 is 11.1 Å². The van der Waals surface area contributed by atoms with Crippen molar-refractivity contribution in [3.63, 3.8) is 0 Å². The number of carbonyl (C=O) groups is 1. The molecule has 3 N–H and O–H groups in total. The van der Waals surface area contributed by atoms with E-state index in [1.807, 2.05) is 38.1 Å². The zero-order chi connectivity index (χ0) is 12.0. The molecule has 0 heterocycles. The van der Waals surface area contributed by atoms with E-state index in [-0.39, 0.29) is 18.6 Å². The SMILES string of the molecule is CCOCC(=O)NC(C)c1ccccc1N. The van der Waals surface area contributed by atoms with Gasteiger partial charge in [0.05, 0.1) is 6.04 Å². The van der Waals surface area contributed by atoms with Crippen molar-refractivity contribution in [1.82, 2.24) is 5.32 Å². The molecule has 4 heteroatoms. The Morgan fingerprint density at radius 3 is 2.81 bits per heavy atom. The maximum Gasteiger partial charge on any atom is 0.246 e. The second-order valence-electron chi connectivity index (χ2n) is 3.56. The Morgan fingerprint density at radius 2 is 2.19 bits per heavy atom. The molecule has 0 aliphatic heterocycles. The summed E-state index contributed by atoms with van der Waals surface area (Å²) in [6.45, 7) is 4.38. The molecule has 0 aliphatic rings. The van der Waals surface area contributed by atoms with Crippen LogP contribution in [0, 0.1) is 0 Å². The average molecular weight is 222 g/mol. The minimum Gasteiger partial charge on any atom is -0.398 e. The van der Waals surface area contributed by atoms with Crippen molar-refractivity contribution in [2.75, 3.05) is 18.9 Å². The maximum atomic E-state index is 11.4. The van der Waals surface area contributed by atoms with E-state index in [2.05, 4.69) is 5.32 Å². The molecule has 1 unspecified atom stereocenters. The number of anilines is 1. The molecule has 0 aliphatic carbocycles. The van der Waals surface area contributed by atoms with Gasteiger partial charge in [0.15, 0.2) is 0 Å². The number of benzene rings is 1. The Bertz CT molecular complexity index is 353. The standard InChI is InChI=1S/C12H18N2O2/c1-3-16-8-12(15)14-9(2)10-6-4-5-7-11(10)13/h4-7,9H,3,8,13H2,1-2H3,(H,14,15). The topological polar surface area (TPSA) is 64.3 Å². The lowest BCUT2D eigenvalue weighted by Crippen LogP contribution is -2.30. The number of nitrogens with two attached hydrogens (primary N) is 1. The summed E-state index contributed by atoms with van der Waals surface area (Å²) in [6.07, 6.45) is 0. The first-order valence-corrected chi connectivity index (χ1v) is 5.36. The highest BCUT2D eigenvalue weighted by molar-refractivity contribution is 5.77. The summed E-state index contributed by atoms with van der Waals surface area (Å²) in [7, 11) is 0. The molecule has 1 atom stereocenters. The summed E-state index contributed by atoms with van der Waals surface area (Å²) < 4.78 is 5.02. The number of carbonyl (C=O) groups excluding carboxylic acids is 1. The highest BCUT2D eigenvalue weighted by Crippen LogP contribution is 2.18. The lowest BCUT2D eigenvalue weighted by atomic mass is 10.1. The van der Waals surface area contributed by atoms with Gasteiger partial charge in [0.1, 0.15) is 6.61 Å². The number of para-hydroxylation sites is 1. The molecule has 0 radical (unpaired) electrons. The van der Waals surface area contributed by atoms with Gasteiger partial charge < -0.3 is 15.8 Å². The first-order valence-electron chi connectivity index (χ1n) is 5.36. The third-order valence-electron chi connectivity index (χ3n) is 2.28. The van der Waals surface area contributed by atoms with E-state index in [1.54, 1.807) is 0 Å². The lowest BCUT2D eigenvalue weighted by molar-refractivity contribution is -0.126. The molecule has 0 saturated heterocycles. The van der Waals surface area contributed by atoms with Crippen LogP contribution in [-0.4, -0.2) is 19.1 Å².